The van der Waals surface area contributed by atoms with Gasteiger partial charge in [-0.3, -0.25) is 4.79 Å². The van der Waals surface area contributed by atoms with Gasteiger partial charge in [-0.05, 0) is 46.6 Å². The summed E-state index contributed by atoms with van der Waals surface area (Å²) in [5.74, 6) is -0.00801. The van der Waals surface area contributed by atoms with Crippen molar-refractivity contribution in [3.8, 4) is 0 Å². The van der Waals surface area contributed by atoms with Crippen molar-refractivity contribution in [3.05, 3.63) is 64.3 Å². The molecule has 1 N–H and O–H groups in total. The summed E-state index contributed by atoms with van der Waals surface area (Å²) in [6.45, 7) is 2.06. The molecule has 2 aromatic carbocycles. The number of halogens is 1. The van der Waals surface area contributed by atoms with E-state index in [0.717, 1.165) is 32.3 Å². The largest absolute Gasteiger partial charge is 0.348 e. The molecule has 0 unspecified atom stereocenters. The Balaban J connectivity index is 1.89. The van der Waals surface area contributed by atoms with E-state index in [4.69, 9.17) is 0 Å². The summed E-state index contributed by atoms with van der Waals surface area (Å²) in [5.41, 5.74) is 4.17. The lowest BCUT2D eigenvalue weighted by molar-refractivity contribution is -0.115. The Hall–Kier alpha value is -2.07. The summed E-state index contributed by atoms with van der Waals surface area (Å²) in [5, 5.41) is 4.11. The number of fused-ring (bicyclic) bond motifs is 1. The van der Waals surface area contributed by atoms with Crippen molar-refractivity contribution in [1.29, 1.82) is 0 Å². The Labute approximate surface area is 138 Å². The van der Waals surface area contributed by atoms with E-state index in [2.05, 4.69) is 44.9 Å². The van der Waals surface area contributed by atoms with Gasteiger partial charge >= 0.3 is 0 Å². The number of nitrogens with zero attached hydrogens (tertiary/aromatic N) is 1. The van der Waals surface area contributed by atoms with E-state index < -0.39 is 0 Å². The molecule has 1 aromatic heterocycles. The molecule has 0 saturated carbocycles. The van der Waals surface area contributed by atoms with Gasteiger partial charge in [0.05, 0.1) is 12.1 Å². The van der Waals surface area contributed by atoms with Crippen LogP contribution in [0.25, 0.3) is 10.9 Å². The second-order valence-corrected chi connectivity index (χ2v) is 6.20. The van der Waals surface area contributed by atoms with Gasteiger partial charge in [0.15, 0.2) is 0 Å². The van der Waals surface area contributed by atoms with Crippen LogP contribution in [-0.4, -0.2) is 10.5 Å². The van der Waals surface area contributed by atoms with Crippen molar-refractivity contribution < 1.29 is 4.79 Å². The normalized spacial score (nSPS) is 10.9. The number of hydrogen-bond acceptors (Lipinski definition) is 1. The highest BCUT2D eigenvalue weighted by Crippen LogP contribution is 2.26. The number of amides is 1. The van der Waals surface area contributed by atoms with Crippen LogP contribution in [0.4, 0.5) is 5.69 Å². The first-order chi connectivity index (χ1) is 10.6. The van der Waals surface area contributed by atoms with E-state index in [-0.39, 0.29) is 5.91 Å². The number of anilines is 1. The fourth-order valence-electron chi connectivity index (χ4n) is 2.74. The molecule has 0 aliphatic carbocycles. The van der Waals surface area contributed by atoms with Crippen molar-refractivity contribution in [1.82, 2.24) is 4.57 Å². The van der Waals surface area contributed by atoms with Crippen LogP contribution in [0.1, 0.15) is 11.3 Å². The molecule has 3 aromatic rings. The van der Waals surface area contributed by atoms with Crippen LogP contribution in [-0.2, 0) is 18.3 Å². The van der Waals surface area contributed by atoms with Crippen LogP contribution in [0.5, 0.6) is 0 Å². The van der Waals surface area contributed by atoms with Crippen LogP contribution in [0.2, 0.25) is 0 Å². The minimum Gasteiger partial charge on any atom is -0.348 e. The van der Waals surface area contributed by atoms with Gasteiger partial charge in [-0.15, -0.1) is 0 Å². The van der Waals surface area contributed by atoms with Gasteiger partial charge in [0.1, 0.15) is 0 Å². The van der Waals surface area contributed by atoms with Crippen LogP contribution in [0.15, 0.2) is 53.0 Å². The van der Waals surface area contributed by atoms with Gasteiger partial charge in [-0.25, -0.2) is 0 Å². The van der Waals surface area contributed by atoms with Crippen LogP contribution in [0.3, 0.4) is 0 Å². The number of para-hydroxylation sites is 2. The average Bonchev–Trinajstić information content (AvgIpc) is 2.75. The number of nitrogens with one attached hydrogen (secondary N) is 1. The van der Waals surface area contributed by atoms with Gasteiger partial charge in [0.25, 0.3) is 0 Å². The Kier molecular flexibility index (Phi) is 4.03. The third-order valence-corrected chi connectivity index (χ3v) is 4.71. The molecule has 22 heavy (non-hydrogen) atoms. The number of carbonyl (C=O) groups excluding carboxylic acids is 1. The van der Waals surface area contributed by atoms with Gasteiger partial charge in [0, 0.05) is 28.1 Å². The standard InChI is InChI=1S/C18H17BrN2O/c1-12-14(13-7-3-6-10-17(13)21(12)2)11-18(22)20-16-9-5-4-8-15(16)19/h3-10H,11H2,1-2H3,(H,20,22). The minimum absolute atomic E-state index is 0.00801. The molecule has 0 atom stereocenters. The lowest BCUT2D eigenvalue weighted by Crippen LogP contribution is -2.15. The summed E-state index contributed by atoms with van der Waals surface area (Å²) in [6.07, 6.45) is 0.370. The number of rotatable bonds is 3. The van der Waals surface area contributed by atoms with Crippen molar-refractivity contribution in [3.63, 3.8) is 0 Å². The predicted molar refractivity (Wildman–Crippen MR) is 94.1 cm³/mol. The van der Waals surface area contributed by atoms with E-state index in [1.807, 2.05) is 43.4 Å². The maximum absolute atomic E-state index is 12.4. The third-order valence-electron chi connectivity index (χ3n) is 4.02. The lowest BCUT2D eigenvalue weighted by atomic mass is 10.1. The van der Waals surface area contributed by atoms with Crippen molar-refractivity contribution in [2.75, 3.05) is 5.32 Å². The first kappa shape index (κ1) is 14.9. The van der Waals surface area contributed by atoms with E-state index in [1.165, 1.54) is 0 Å². The van der Waals surface area contributed by atoms with Gasteiger partial charge in [-0.1, -0.05) is 30.3 Å². The molecule has 0 spiro atoms. The van der Waals surface area contributed by atoms with E-state index in [9.17, 15) is 4.79 Å². The third kappa shape index (κ3) is 2.66. The molecule has 112 valence electrons. The quantitative estimate of drug-likeness (QED) is 0.739. The van der Waals surface area contributed by atoms with Crippen LogP contribution in [0, 0.1) is 6.92 Å². The molecule has 1 amide bonds. The van der Waals surface area contributed by atoms with Crippen molar-refractivity contribution in [2.45, 2.75) is 13.3 Å². The molecule has 3 rings (SSSR count). The van der Waals surface area contributed by atoms with Crippen LogP contribution >= 0.6 is 15.9 Å². The summed E-state index contributed by atoms with van der Waals surface area (Å²) in [4.78, 5) is 12.4. The topological polar surface area (TPSA) is 34.0 Å². The predicted octanol–water partition coefficient (Wildman–Crippen LogP) is 4.43. The SMILES string of the molecule is Cc1c(CC(=O)Nc2ccccc2Br)c2ccccc2n1C. The highest BCUT2D eigenvalue weighted by Gasteiger charge is 2.15. The number of hydrogen-bond donors (Lipinski definition) is 1. The second kappa shape index (κ2) is 5.97. The number of aryl methyl sites for hydroxylation is 1. The molecule has 0 saturated heterocycles. The van der Waals surface area contributed by atoms with Gasteiger partial charge in [-0.2, -0.15) is 0 Å². The molecule has 1 heterocycles. The first-order valence-electron chi connectivity index (χ1n) is 7.15. The number of aromatic nitrogens is 1. The zero-order chi connectivity index (χ0) is 15.7. The van der Waals surface area contributed by atoms with E-state index in [1.54, 1.807) is 0 Å². The Morgan fingerprint density at radius 2 is 1.82 bits per heavy atom. The molecular weight excluding hydrogens is 340 g/mol. The van der Waals surface area contributed by atoms with Gasteiger partial charge < -0.3 is 9.88 Å². The first-order valence-corrected chi connectivity index (χ1v) is 7.94. The molecule has 3 nitrogen and oxygen atoms in total. The van der Waals surface area contributed by atoms with Gasteiger partial charge in [0.2, 0.25) is 5.91 Å². The van der Waals surface area contributed by atoms with Crippen molar-refractivity contribution in [2.24, 2.45) is 7.05 Å². The molecule has 0 bridgehead atoms. The maximum Gasteiger partial charge on any atom is 0.228 e. The number of carbonyl (C=O) groups is 1. The second-order valence-electron chi connectivity index (χ2n) is 5.34. The molecule has 0 radical (unpaired) electrons. The highest BCUT2D eigenvalue weighted by molar-refractivity contribution is 9.10. The molecule has 0 aliphatic rings. The minimum atomic E-state index is -0.00801. The Morgan fingerprint density at radius 3 is 2.59 bits per heavy atom. The summed E-state index contributed by atoms with van der Waals surface area (Å²) < 4.78 is 3.02. The summed E-state index contributed by atoms with van der Waals surface area (Å²) >= 11 is 3.45. The summed E-state index contributed by atoms with van der Waals surface area (Å²) in [6, 6.07) is 15.8. The Bertz CT molecular complexity index is 851. The lowest BCUT2D eigenvalue weighted by Gasteiger charge is -2.07. The monoisotopic (exact) mass is 356 g/mol. The zero-order valence-electron chi connectivity index (χ0n) is 12.6. The molecule has 4 heteroatoms. The maximum atomic E-state index is 12.4. The highest BCUT2D eigenvalue weighted by atomic mass is 79.9. The average molecular weight is 357 g/mol. The molecule has 0 fully saturated rings. The van der Waals surface area contributed by atoms with E-state index in [0.29, 0.717) is 6.42 Å². The van der Waals surface area contributed by atoms with Crippen LogP contribution < -0.4 is 5.32 Å². The zero-order valence-corrected chi connectivity index (χ0v) is 14.1. The smallest absolute Gasteiger partial charge is 0.228 e. The molecular formula is C18H17BrN2O. The number of benzene rings is 2. The molecule has 0 aliphatic heterocycles. The van der Waals surface area contributed by atoms with E-state index >= 15 is 0 Å². The fourth-order valence-corrected chi connectivity index (χ4v) is 3.12. The summed E-state index contributed by atoms with van der Waals surface area (Å²) in [7, 11) is 2.03. The van der Waals surface area contributed by atoms with Crippen molar-refractivity contribution >= 4 is 38.4 Å². The fraction of sp³-hybridized carbons (Fsp3) is 0.167. The Morgan fingerprint density at radius 1 is 1.14 bits per heavy atom.